The van der Waals surface area contributed by atoms with Gasteiger partial charge in [-0.05, 0) is 89.9 Å². The average Bonchev–Trinajstić information content (AvgIpc) is 3.41. The lowest BCUT2D eigenvalue weighted by atomic mass is 10.0. The first kappa shape index (κ1) is 73.2. The van der Waals surface area contributed by atoms with Crippen molar-refractivity contribution in [2.24, 2.45) is 5.73 Å². The van der Waals surface area contributed by atoms with Crippen molar-refractivity contribution in [3.05, 3.63) is 85.1 Å². The molecule has 3 N–H and O–H groups in total. The molecular formula is C66H118NO8P. The Morgan fingerprint density at radius 2 is 0.724 bits per heavy atom. The molecule has 2 atom stereocenters. The predicted molar refractivity (Wildman–Crippen MR) is 325 cm³/mol. The van der Waals surface area contributed by atoms with Gasteiger partial charge in [-0.15, -0.1) is 0 Å². The van der Waals surface area contributed by atoms with E-state index in [1.165, 1.54) is 161 Å². The normalized spacial score (nSPS) is 13.6. The van der Waals surface area contributed by atoms with Crippen LogP contribution < -0.4 is 5.73 Å². The van der Waals surface area contributed by atoms with E-state index in [4.69, 9.17) is 24.3 Å². The van der Waals surface area contributed by atoms with Gasteiger partial charge in [0.05, 0.1) is 13.2 Å². The summed E-state index contributed by atoms with van der Waals surface area (Å²) in [5.74, 6) is -0.828. The molecule has 76 heavy (non-hydrogen) atoms. The Morgan fingerprint density at radius 1 is 0.408 bits per heavy atom. The summed E-state index contributed by atoms with van der Waals surface area (Å²) >= 11 is 0. The molecule has 0 fully saturated rings. The van der Waals surface area contributed by atoms with E-state index in [2.05, 4.69) is 98.9 Å². The molecule has 0 aliphatic rings. The Labute approximate surface area is 468 Å². The molecule has 9 nitrogen and oxygen atoms in total. The van der Waals surface area contributed by atoms with Crippen LogP contribution >= 0.6 is 7.82 Å². The van der Waals surface area contributed by atoms with Crippen LogP contribution in [0.2, 0.25) is 0 Å². The molecule has 0 rings (SSSR count). The Kier molecular flexibility index (Phi) is 59.1. The number of hydrogen-bond donors (Lipinski definition) is 2. The van der Waals surface area contributed by atoms with Crippen molar-refractivity contribution >= 4 is 19.8 Å². The topological polar surface area (TPSA) is 134 Å². The number of unbranched alkanes of at least 4 members (excludes halogenated alkanes) is 32. The molecule has 0 spiro atoms. The van der Waals surface area contributed by atoms with Crippen LogP contribution in [0.5, 0.6) is 0 Å². The number of phosphoric acid groups is 1. The molecule has 2 unspecified atom stereocenters. The van der Waals surface area contributed by atoms with Gasteiger partial charge in [0.25, 0.3) is 0 Å². The Hall–Kier alpha value is -2.81. The van der Waals surface area contributed by atoms with Crippen LogP contribution in [-0.2, 0) is 32.7 Å². The van der Waals surface area contributed by atoms with Crippen molar-refractivity contribution in [3.63, 3.8) is 0 Å². The summed E-state index contributed by atoms with van der Waals surface area (Å²) in [6.07, 6.45) is 80.9. The Balaban J connectivity index is 3.83. The van der Waals surface area contributed by atoms with E-state index in [0.29, 0.717) is 6.42 Å². The number of carbonyl (C=O) groups excluding carboxylic acids is 2. The van der Waals surface area contributed by atoms with E-state index in [0.717, 1.165) is 96.3 Å². The molecule has 0 aromatic heterocycles. The van der Waals surface area contributed by atoms with Crippen molar-refractivity contribution in [2.75, 3.05) is 26.4 Å². The number of rotatable bonds is 59. The van der Waals surface area contributed by atoms with Crippen LogP contribution in [-0.4, -0.2) is 49.3 Å². The van der Waals surface area contributed by atoms with Gasteiger partial charge in [-0.3, -0.25) is 18.6 Å². The number of ether oxygens (including phenoxy) is 2. The molecule has 0 radical (unpaired) electrons. The Bertz CT molecular complexity index is 1520. The van der Waals surface area contributed by atoms with E-state index in [9.17, 15) is 19.0 Å². The van der Waals surface area contributed by atoms with Crippen molar-refractivity contribution in [3.8, 4) is 0 Å². The molecular weight excluding hydrogens is 966 g/mol. The molecule has 440 valence electrons. The summed E-state index contributed by atoms with van der Waals surface area (Å²) in [6, 6.07) is 0. The van der Waals surface area contributed by atoms with Gasteiger partial charge in [0.2, 0.25) is 0 Å². The summed E-state index contributed by atoms with van der Waals surface area (Å²) in [4.78, 5) is 35.2. The highest BCUT2D eigenvalue weighted by Crippen LogP contribution is 2.43. The van der Waals surface area contributed by atoms with E-state index < -0.39 is 26.5 Å². The fourth-order valence-electron chi connectivity index (χ4n) is 8.87. The largest absolute Gasteiger partial charge is 0.472 e. The van der Waals surface area contributed by atoms with Crippen molar-refractivity contribution in [2.45, 2.75) is 296 Å². The fourth-order valence-corrected chi connectivity index (χ4v) is 9.64. The minimum Gasteiger partial charge on any atom is -0.462 e. The van der Waals surface area contributed by atoms with Gasteiger partial charge in [0.1, 0.15) is 6.61 Å². The third kappa shape index (κ3) is 60.4. The molecule has 0 saturated heterocycles. The number of phosphoric ester groups is 1. The van der Waals surface area contributed by atoms with Crippen molar-refractivity contribution < 1.29 is 37.6 Å². The van der Waals surface area contributed by atoms with Crippen LogP contribution in [0.3, 0.4) is 0 Å². The van der Waals surface area contributed by atoms with E-state index >= 15 is 0 Å². The lowest BCUT2D eigenvalue weighted by Gasteiger charge is -2.19. The highest BCUT2D eigenvalue weighted by atomic mass is 31.2. The van der Waals surface area contributed by atoms with Crippen LogP contribution in [0, 0.1) is 0 Å². The first-order valence-electron chi connectivity index (χ1n) is 31.6. The number of nitrogens with two attached hydrogens (primary N) is 1. The van der Waals surface area contributed by atoms with Gasteiger partial charge in [-0.1, -0.05) is 272 Å². The first-order valence-corrected chi connectivity index (χ1v) is 33.1. The van der Waals surface area contributed by atoms with Gasteiger partial charge in [-0.2, -0.15) is 0 Å². The standard InChI is InChI=1S/C66H118NO8P/c1-3-5-7-9-11-13-15-17-19-21-22-23-24-25-26-27-28-29-30-31-32-33-34-35-36-37-38-39-40-41-42-43-45-47-49-51-53-55-57-59-66(69)75-64(63-74-76(70,71)73-61-60-67)62-72-65(68)58-56-54-52-50-48-46-44-20-18-16-14-12-10-8-6-4-2/h5,7,11,13,17,19-20,22-23,25-26,28-29,44,64H,3-4,6,8-10,12,14-16,18,21,24,27,30-43,45-63,67H2,1-2H3,(H,70,71)/b7-5-,13-11-,19-17-,23-22-,26-25-,29-28-,44-20-. The maximum Gasteiger partial charge on any atom is 0.472 e. The second-order valence-corrected chi connectivity index (χ2v) is 22.3. The van der Waals surface area contributed by atoms with Crippen molar-refractivity contribution in [1.82, 2.24) is 0 Å². The lowest BCUT2D eigenvalue weighted by molar-refractivity contribution is -0.161. The zero-order chi connectivity index (χ0) is 55.2. The van der Waals surface area contributed by atoms with Gasteiger partial charge >= 0.3 is 19.8 Å². The third-order valence-electron chi connectivity index (χ3n) is 13.5. The highest BCUT2D eigenvalue weighted by Gasteiger charge is 2.26. The molecule has 0 saturated carbocycles. The molecule has 0 heterocycles. The summed E-state index contributed by atoms with van der Waals surface area (Å²) in [5.41, 5.74) is 5.38. The van der Waals surface area contributed by atoms with Crippen molar-refractivity contribution in [1.29, 1.82) is 0 Å². The van der Waals surface area contributed by atoms with E-state index in [1.54, 1.807) is 0 Å². The lowest BCUT2D eigenvalue weighted by Crippen LogP contribution is -2.29. The van der Waals surface area contributed by atoms with E-state index in [-0.39, 0.29) is 38.6 Å². The maximum absolute atomic E-state index is 12.7. The molecule has 0 amide bonds. The number of allylic oxidation sites excluding steroid dienone is 14. The van der Waals surface area contributed by atoms with Gasteiger partial charge in [0, 0.05) is 19.4 Å². The zero-order valence-electron chi connectivity index (χ0n) is 49.2. The quantitative estimate of drug-likeness (QED) is 0.0264. The summed E-state index contributed by atoms with van der Waals surface area (Å²) < 4.78 is 33.0. The average molecular weight is 1080 g/mol. The van der Waals surface area contributed by atoms with Crippen LogP contribution in [0.4, 0.5) is 0 Å². The number of esters is 2. The smallest absolute Gasteiger partial charge is 0.462 e. The minimum atomic E-state index is -4.39. The predicted octanol–water partition coefficient (Wildman–Crippen LogP) is 20.2. The first-order chi connectivity index (χ1) is 37.3. The maximum atomic E-state index is 12.7. The Morgan fingerprint density at radius 3 is 1.09 bits per heavy atom. The summed E-state index contributed by atoms with van der Waals surface area (Å²) in [5, 5.41) is 0. The van der Waals surface area contributed by atoms with Crippen LogP contribution in [0.15, 0.2) is 85.1 Å². The second kappa shape index (κ2) is 61.4. The monoisotopic (exact) mass is 1080 g/mol. The SMILES string of the molecule is CC/C=C\C/C=C\C/C=C\C/C=C\C/C=C\C/C=C\CCCCCCCCCCCCCCCCCCCCCCC(=O)OC(COC(=O)CCCCCCC/C=C\CCCCCCCCC)COP(=O)(O)OCCN. The van der Waals surface area contributed by atoms with Crippen LogP contribution in [0.25, 0.3) is 0 Å². The highest BCUT2D eigenvalue weighted by molar-refractivity contribution is 7.47. The zero-order valence-corrected chi connectivity index (χ0v) is 50.1. The summed E-state index contributed by atoms with van der Waals surface area (Å²) in [7, 11) is -4.39. The van der Waals surface area contributed by atoms with Crippen LogP contribution in [0.1, 0.15) is 290 Å². The number of hydrogen-bond acceptors (Lipinski definition) is 8. The molecule has 0 aromatic rings. The minimum absolute atomic E-state index is 0.0517. The van der Waals surface area contributed by atoms with Gasteiger partial charge in [0.15, 0.2) is 6.10 Å². The molecule has 0 aliphatic heterocycles. The van der Waals surface area contributed by atoms with Gasteiger partial charge < -0.3 is 20.1 Å². The third-order valence-corrected chi connectivity index (χ3v) is 14.5. The number of carbonyl (C=O) groups is 2. The van der Waals surface area contributed by atoms with E-state index in [1.807, 2.05) is 0 Å². The molecule has 10 heteroatoms. The van der Waals surface area contributed by atoms with Gasteiger partial charge in [-0.25, -0.2) is 4.57 Å². The molecule has 0 aromatic carbocycles. The fraction of sp³-hybridized carbons (Fsp3) is 0.758. The summed E-state index contributed by atoms with van der Waals surface area (Å²) in [6.45, 7) is 3.64. The second-order valence-electron chi connectivity index (χ2n) is 20.9. The molecule has 0 bridgehead atoms. The molecule has 0 aliphatic carbocycles.